The van der Waals surface area contributed by atoms with Crippen molar-refractivity contribution in [1.82, 2.24) is 29.0 Å². The second kappa shape index (κ2) is 10.1. The summed E-state index contributed by atoms with van der Waals surface area (Å²) < 4.78 is 55.3. The summed E-state index contributed by atoms with van der Waals surface area (Å²) in [6, 6.07) is 7.79. The zero-order valence-electron chi connectivity index (χ0n) is 21.3. The van der Waals surface area contributed by atoms with Crippen molar-refractivity contribution in [3.05, 3.63) is 36.3 Å². The first-order valence-electron chi connectivity index (χ1n) is 12.8. The maximum absolute atomic E-state index is 14.9. The molecule has 0 saturated carbocycles. The molecule has 4 aromatic rings. The third-order valence-corrected chi connectivity index (χ3v) is 7.61. The lowest BCUT2D eigenvalue weighted by molar-refractivity contribution is -0.0844. The van der Waals surface area contributed by atoms with E-state index in [1.54, 1.807) is 17.6 Å². The molecule has 0 spiro atoms. The van der Waals surface area contributed by atoms with Gasteiger partial charge >= 0.3 is 0 Å². The van der Waals surface area contributed by atoms with Crippen LogP contribution in [0.25, 0.3) is 27.7 Å². The summed E-state index contributed by atoms with van der Waals surface area (Å²) in [4.78, 5) is 11.1. The maximum Gasteiger partial charge on any atom is 0.256 e. The third-order valence-electron chi connectivity index (χ3n) is 7.61. The van der Waals surface area contributed by atoms with Crippen LogP contribution in [0.1, 0.15) is 12.2 Å². The Hall–Kier alpha value is -3.38. The summed E-state index contributed by atoms with van der Waals surface area (Å²) in [5.41, 5.74) is 3.54. The molecule has 202 valence electrons. The van der Waals surface area contributed by atoms with Gasteiger partial charge in [0, 0.05) is 30.8 Å². The van der Waals surface area contributed by atoms with E-state index in [0.717, 1.165) is 24.1 Å². The summed E-state index contributed by atoms with van der Waals surface area (Å²) >= 11 is 0. The first-order chi connectivity index (χ1) is 18.4. The van der Waals surface area contributed by atoms with E-state index >= 15 is 0 Å². The molecule has 1 aromatic carbocycles. The second-order valence-corrected chi connectivity index (χ2v) is 9.96. The number of alkyl halides is 3. The molecule has 6 rings (SSSR count). The quantitative estimate of drug-likeness (QED) is 0.372. The van der Waals surface area contributed by atoms with Crippen molar-refractivity contribution in [1.29, 1.82) is 0 Å². The number of likely N-dealkylation sites (tertiary alicyclic amines) is 1. The lowest BCUT2D eigenvalue weighted by Gasteiger charge is -2.42. The molecule has 38 heavy (non-hydrogen) atoms. The fourth-order valence-corrected chi connectivity index (χ4v) is 5.42. The molecule has 9 nitrogen and oxygen atoms in total. The average Bonchev–Trinajstić information content (AvgIpc) is 3.42. The Morgan fingerprint density at radius 2 is 2.05 bits per heavy atom. The number of nitrogens with zero attached hydrogens (tertiary/aromatic N) is 6. The van der Waals surface area contributed by atoms with Crippen LogP contribution >= 0.6 is 0 Å². The topological polar surface area (TPSA) is 81.7 Å². The van der Waals surface area contributed by atoms with Crippen LogP contribution in [-0.2, 0) is 11.3 Å². The predicted molar refractivity (Wildman–Crippen MR) is 137 cm³/mol. The summed E-state index contributed by atoms with van der Waals surface area (Å²) in [7, 11) is 1.53. The number of halogens is 3. The average molecular weight is 530 g/mol. The van der Waals surface area contributed by atoms with Crippen molar-refractivity contribution in [2.45, 2.75) is 38.5 Å². The van der Waals surface area contributed by atoms with Crippen LogP contribution in [0, 0.1) is 12.8 Å². The number of methoxy groups -OCH3 is 1. The standard InChI is InChI=1S/C26H30F3N7O2/c1-15-31-21-4-3-16(9-22(21)35(15)12-23(28)29)19-6-8-36-24(19)25(37-2)32-26(33-36)30-10-17-5-7-34(11-20(17)27)18-13-38-14-18/h3-4,6,8-9,17-18,20,23H,5,7,10-14H2,1-2H3,(H,30,33)/t17-,20-/m1/s1. The van der Waals surface area contributed by atoms with Gasteiger partial charge in [-0.2, -0.15) is 4.98 Å². The van der Waals surface area contributed by atoms with Crippen molar-refractivity contribution in [3.8, 4) is 17.0 Å². The highest BCUT2D eigenvalue weighted by Crippen LogP contribution is 2.33. The first kappa shape index (κ1) is 24.9. The molecule has 0 aliphatic carbocycles. The molecule has 3 aromatic heterocycles. The van der Waals surface area contributed by atoms with E-state index in [0.29, 0.717) is 66.5 Å². The molecular formula is C26H30F3N7O2. The molecule has 0 amide bonds. The van der Waals surface area contributed by atoms with Crippen LogP contribution in [0.15, 0.2) is 30.5 Å². The van der Waals surface area contributed by atoms with E-state index in [-0.39, 0.29) is 5.92 Å². The van der Waals surface area contributed by atoms with Gasteiger partial charge in [-0.05, 0) is 43.7 Å². The van der Waals surface area contributed by atoms with Gasteiger partial charge in [0.05, 0.1) is 43.9 Å². The van der Waals surface area contributed by atoms with Crippen LogP contribution in [0.2, 0.25) is 0 Å². The minimum atomic E-state index is -2.48. The summed E-state index contributed by atoms with van der Waals surface area (Å²) in [6.45, 7) is 4.37. The number of fused-ring (bicyclic) bond motifs is 2. The van der Waals surface area contributed by atoms with Crippen molar-refractivity contribution in [3.63, 3.8) is 0 Å². The highest BCUT2D eigenvalue weighted by Gasteiger charge is 2.35. The van der Waals surface area contributed by atoms with Crippen LogP contribution < -0.4 is 10.1 Å². The lowest BCUT2D eigenvalue weighted by Crippen LogP contribution is -2.55. The number of ether oxygens (including phenoxy) is 2. The van der Waals surface area contributed by atoms with Gasteiger partial charge in [0.1, 0.15) is 17.5 Å². The van der Waals surface area contributed by atoms with Crippen molar-refractivity contribution in [2.75, 3.05) is 45.3 Å². The van der Waals surface area contributed by atoms with Crippen LogP contribution in [0.4, 0.5) is 19.1 Å². The van der Waals surface area contributed by atoms with E-state index in [1.165, 1.54) is 11.7 Å². The molecular weight excluding hydrogens is 499 g/mol. The number of nitrogens with one attached hydrogen (secondary N) is 1. The Kier molecular flexibility index (Phi) is 6.60. The molecule has 1 N–H and O–H groups in total. The number of aromatic nitrogens is 5. The smallest absolute Gasteiger partial charge is 0.256 e. The van der Waals surface area contributed by atoms with Gasteiger partial charge in [0.2, 0.25) is 11.8 Å². The van der Waals surface area contributed by atoms with Gasteiger partial charge in [0.25, 0.3) is 6.43 Å². The van der Waals surface area contributed by atoms with Gasteiger partial charge in [-0.25, -0.2) is 22.7 Å². The summed E-state index contributed by atoms with van der Waals surface area (Å²) in [5, 5.41) is 7.77. The fourth-order valence-electron chi connectivity index (χ4n) is 5.42. The monoisotopic (exact) mass is 529 g/mol. The normalized spacial score (nSPS) is 20.9. The first-order valence-corrected chi connectivity index (χ1v) is 12.8. The van der Waals surface area contributed by atoms with E-state index in [4.69, 9.17) is 9.47 Å². The Morgan fingerprint density at radius 3 is 2.76 bits per heavy atom. The van der Waals surface area contributed by atoms with Gasteiger partial charge in [-0.3, -0.25) is 4.90 Å². The number of benzene rings is 1. The van der Waals surface area contributed by atoms with Gasteiger partial charge < -0.3 is 19.4 Å². The van der Waals surface area contributed by atoms with Crippen molar-refractivity contribution < 1.29 is 22.6 Å². The number of hydrogen-bond acceptors (Lipinski definition) is 7. The van der Waals surface area contributed by atoms with E-state index < -0.39 is 19.1 Å². The molecule has 0 bridgehead atoms. The minimum Gasteiger partial charge on any atom is -0.479 e. The summed E-state index contributed by atoms with van der Waals surface area (Å²) in [5.74, 6) is 1.11. The van der Waals surface area contributed by atoms with E-state index in [9.17, 15) is 13.2 Å². The molecule has 2 atom stereocenters. The molecule has 2 saturated heterocycles. The third kappa shape index (κ3) is 4.55. The Morgan fingerprint density at radius 1 is 1.21 bits per heavy atom. The number of aryl methyl sites for hydroxylation is 1. The van der Waals surface area contributed by atoms with Crippen LogP contribution in [0.3, 0.4) is 0 Å². The lowest BCUT2D eigenvalue weighted by atomic mass is 9.93. The van der Waals surface area contributed by atoms with E-state index in [2.05, 4.69) is 25.3 Å². The Bertz CT molecular complexity index is 1450. The number of rotatable bonds is 8. The SMILES string of the molecule is COc1nc(NC[C@H]2CCN(C3COC3)C[C@H]2F)nn2ccc(-c3ccc4nc(C)n(CC(F)F)c4c3)c12. The van der Waals surface area contributed by atoms with Crippen LogP contribution in [0.5, 0.6) is 5.88 Å². The highest BCUT2D eigenvalue weighted by atomic mass is 19.3. The van der Waals surface area contributed by atoms with E-state index in [1.807, 2.05) is 24.3 Å². The Labute approximate surface area is 217 Å². The van der Waals surface area contributed by atoms with Crippen LogP contribution in [-0.4, -0.2) is 87.6 Å². The molecule has 0 radical (unpaired) electrons. The van der Waals surface area contributed by atoms with Crippen molar-refractivity contribution in [2.24, 2.45) is 5.92 Å². The molecule has 0 unspecified atom stereocenters. The molecule has 2 aliphatic rings. The van der Waals surface area contributed by atoms with Gasteiger partial charge in [-0.15, -0.1) is 5.10 Å². The van der Waals surface area contributed by atoms with Crippen molar-refractivity contribution >= 4 is 22.5 Å². The summed E-state index contributed by atoms with van der Waals surface area (Å²) in [6.07, 6.45) is -0.870. The number of piperidine rings is 1. The Balaban J connectivity index is 1.24. The largest absolute Gasteiger partial charge is 0.479 e. The highest BCUT2D eigenvalue weighted by molar-refractivity contribution is 5.89. The number of imidazole rings is 1. The minimum absolute atomic E-state index is 0.133. The zero-order chi connectivity index (χ0) is 26.4. The molecule has 5 heterocycles. The number of hydrogen-bond donors (Lipinski definition) is 1. The number of anilines is 1. The fraction of sp³-hybridized carbons (Fsp3) is 0.500. The van der Waals surface area contributed by atoms with Gasteiger partial charge in [-0.1, -0.05) is 6.07 Å². The predicted octanol–water partition coefficient (Wildman–Crippen LogP) is 3.80. The molecule has 2 fully saturated rings. The van der Waals surface area contributed by atoms with Gasteiger partial charge in [0.15, 0.2) is 0 Å². The zero-order valence-corrected chi connectivity index (χ0v) is 21.3. The maximum atomic E-state index is 14.9. The molecule has 12 heteroatoms. The molecule has 2 aliphatic heterocycles. The second-order valence-electron chi connectivity index (χ2n) is 9.96.